The predicted octanol–water partition coefficient (Wildman–Crippen LogP) is 3.77. The highest BCUT2D eigenvalue weighted by Crippen LogP contribution is 2.25. The second kappa shape index (κ2) is 9.39. The number of benzene rings is 1. The number of carbonyl (C=O) groups is 1. The van der Waals surface area contributed by atoms with Gasteiger partial charge in [0.05, 0.1) is 19.4 Å². The van der Waals surface area contributed by atoms with Gasteiger partial charge in [-0.2, -0.15) is 9.78 Å². The van der Waals surface area contributed by atoms with Crippen LogP contribution in [0, 0.1) is 0 Å². The molecule has 0 atom stereocenters. The fourth-order valence-corrected chi connectivity index (χ4v) is 2.69. The molecule has 1 amide bonds. The second-order valence-corrected chi connectivity index (χ2v) is 7.80. The molecule has 2 aromatic heterocycles. The second-order valence-electron chi connectivity index (χ2n) is 7.80. The summed E-state index contributed by atoms with van der Waals surface area (Å²) in [5.74, 6) is 2.35. The maximum absolute atomic E-state index is 12.5. The number of nitrogens with zero attached hydrogens (tertiary/aromatic N) is 4. The van der Waals surface area contributed by atoms with Crippen molar-refractivity contribution < 1.29 is 14.3 Å². The lowest BCUT2D eigenvalue weighted by atomic mass is 9.92. The first-order chi connectivity index (χ1) is 14.4. The van der Waals surface area contributed by atoms with Gasteiger partial charge in [0.25, 0.3) is 5.95 Å². The van der Waals surface area contributed by atoms with Gasteiger partial charge in [0, 0.05) is 30.3 Å². The zero-order valence-electron chi connectivity index (χ0n) is 17.8. The van der Waals surface area contributed by atoms with Crippen molar-refractivity contribution in [1.82, 2.24) is 19.7 Å². The van der Waals surface area contributed by atoms with Crippen LogP contribution in [0.1, 0.15) is 39.3 Å². The van der Waals surface area contributed by atoms with Gasteiger partial charge in [0.2, 0.25) is 5.91 Å². The Balaban J connectivity index is 1.59. The highest BCUT2D eigenvalue weighted by atomic mass is 16.5. The Labute approximate surface area is 176 Å². The van der Waals surface area contributed by atoms with E-state index in [1.807, 2.05) is 30.3 Å². The minimum absolute atomic E-state index is 0.120. The number of aromatic nitrogens is 4. The van der Waals surface area contributed by atoms with E-state index in [0.29, 0.717) is 31.2 Å². The van der Waals surface area contributed by atoms with E-state index in [4.69, 9.17) is 9.47 Å². The third-order valence-electron chi connectivity index (χ3n) is 4.36. The van der Waals surface area contributed by atoms with Crippen LogP contribution in [0.25, 0.3) is 5.95 Å². The summed E-state index contributed by atoms with van der Waals surface area (Å²) in [5.41, 5.74) is 0.666. The molecule has 0 fully saturated rings. The highest BCUT2D eigenvalue weighted by molar-refractivity contribution is 5.90. The third-order valence-corrected chi connectivity index (χ3v) is 4.36. The van der Waals surface area contributed by atoms with E-state index in [0.717, 1.165) is 17.2 Å². The van der Waals surface area contributed by atoms with Gasteiger partial charge in [0.15, 0.2) is 0 Å². The summed E-state index contributed by atoms with van der Waals surface area (Å²) in [4.78, 5) is 21.0. The lowest BCUT2D eigenvalue weighted by molar-refractivity contribution is -0.116. The number of nitrogens with one attached hydrogen (secondary N) is 1. The van der Waals surface area contributed by atoms with Crippen LogP contribution in [0.3, 0.4) is 0 Å². The van der Waals surface area contributed by atoms with Gasteiger partial charge in [-0.3, -0.25) is 4.79 Å². The summed E-state index contributed by atoms with van der Waals surface area (Å²) in [6.07, 6.45) is 4.19. The molecule has 3 aromatic rings. The number of hydrogen-bond acceptors (Lipinski definition) is 6. The first kappa shape index (κ1) is 21.3. The largest absolute Gasteiger partial charge is 0.497 e. The van der Waals surface area contributed by atoms with E-state index in [9.17, 15) is 4.79 Å². The smallest absolute Gasteiger partial charge is 0.252 e. The predicted molar refractivity (Wildman–Crippen MR) is 114 cm³/mol. The molecule has 1 aromatic carbocycles. The molecule has 8 nitrogen and oxygen atoms in total. The van der Waals surface area contributed by atoms with Crippen molar-refractivity contribution in [3.05, 3.63) is 54.5 Å². The van der Waals surface area contributed by atoms with Gasteiger partial charge in [-0.1, -0.05) is 20.8 Å². The Kier molecular flexibility index (Phi) is 6.66. The van der Waals surface area contributed by atoms with Crippen LogP contribution < -0.4 is 14.8 Å². The maximum Gasteiger partial charge on any atom is 0.252 e. The van der Waals surface area contributed by atoms with Gasteiger partial charge >= 0.3 is 0 Å². The molecule has 0 unspecified atom stereocenters. The molecule has 2 heterocycles. The molecule has 0 aliphatic heterocycles. The zero-order valence-corrected chi connectivity index (χ0v) is 17.8. The van der Waals surface area contributed by atoms with Crippen LogP contribution in [-0.4, -0.2) is 39.4 Å². The van der Waals surface area contributed by atoms with Crippen LogP contribution >= 0.6 is 0 Å². The van der Waals surface area contributed by atoms with Gasteiger partial charge < -0.3 is 14.8 Å². The molecule has 0 aliphatic rings. The molecule has 0 saturated heterocycles. The Morgan fingerprint density at radius 3 is 2.40 bits per heavy atom. The molecular weight excluding hydrogens is 382 g/mol. The number of hydrogen-bond donors (Lipinski definition) is 1. The Hall–Kier alpha value is -3.42. The molecule has 0 spiro atoms. The first-order valence-corrected chi connectivity index (χ1v) is 9.81. The quantitative estimate of drug-likeness (QED) is 0.570. The standard InChI is InChI=1S/C22H27N5O3/c1-22(2,3)18-15-19(27(26-18)21-23-12-6-13-24-21)25-20(28)7-5-14-30-17-10-8-16(29-4)9-11-17/h6,8-13,15H,5,7,14H2,1-4H3,(H,25,28). The minimum atomic E-state index is -0.175. The lowest BCUT2D eigenvalue weighted by Crippen LogP contribution is -2.16. The third kappa shape index (κ3) is 5.56. The highest BCUT2D eigenvalue weighted by Gasteiger charge is 2.22. The van der Waals surface area contributed by atoms with E-state index >= 15 is 0 Å². The van der Waals surface area contributed by atoms with E-state index in [2.05, 4.69) is 41.2 Å². The average Bonchev–Trinajstić information content (AvgIpc) is 3.16. The van der Waals surface area contributed by atoms with Crippen LogP contribution in [0.2, 0.25) is 0 Å². The Bertz CT molecular complexity index is 963. The van der Waals surface area contributed by atoms with Crippen molar-refractivity contribution in [1.29, 1.82) is 0 Å². The molecule has 0 saturated carbocycles. The van der Waals surface area contributed by atoms with Crippen molar-refractivity contribution >= 4 is 11.7 Å². The molecule has 0 aliphatic carbocycles. The summed E-state index contributed by atoms with van der Waals surface area (Å²) >= 11 is 0. The van der Waals surface area contributed by atoms with E-state index in [1.165, 1.54) is 0 Å². The van der Waals surface area contributed by atoms with E-state index in [-0.39, 0.29) is 11.3 Å². The van der Waals surface area contributed by atoms with E-state index in [1.54, 1.807) is 30.3 Å². The SMILES string of the molecule is COc1ccc(OCCCC(=O)Nc2cc(C(C)(C)C)nn2-c2ncccn2)cc1. The van der Waals surface area contributed by atoms with Crippen molar-refractivity contribution in [3.63, 3.8) is 0 Å². The average molecular weight is 409 g/mol. The first-order valence-electron chi connectivity index (χ1n) is 9.81. The Morgan fingerprint density at radius 2 is 1.77 bits per heavy atom. The number of methoxy groups -OCH3 is 1. The number of rotatable bonds is 8. The van der Waals surface area contributed by atoms with Crippen LogP contribution in [0.4, 0.5) is 5.82 Å². The van der Waals surface area contributed by atoms with Crippen molar-refractivity contribution in [2.24, 2.45) is 0 Å². The van der Waals surface area contributed by atoms with Crippen LogP contribution in [0.15, 0.2) is 48.8 Å². The number of amides is 1. The monoisotopic (exact) mass is 409 g/mol. The summed E-state index contributed by atoms with van der Waals surface area (Å²) in [5, 5.41) is 7.52. The zero-order chi connectivity index (χ0) is 21.6. The minimum Gasteiger partial charge on any atom is -0.497 e. The summed E-state index contributed by atoms with van der Waals surface area (Å²) in [7, 11) is 1.62. The molecule has 30 heavy (non-hydrogen) atoms. The van der Waals surface area contributed by atoms with Crippen molar-refractivity contribution in [2.75, 3.05) is 19.0 Å². The lowest BCUT2D eigenvalue weighted by Gasteiger charge is -2.13. The summed E-state index contributed by atoms with van der Waals surface area (Å²) < 4.78 is 12.4. The molecule has 1 N–H and O–H groups in total. The van der Waals surface area contributed by atoms with Crippen molar-refractivity contribution in [3.8, 4) is 17.4 Å². The topological polar surface area (TPSA) is 91.2 Å². The number of carbonyl (C=O) groups excluding carboxylic acids is 1. The summed E-state index contributed by atoms with van der Waals surface area (Å²) in [6.45, 7) is 6.63. The fourth-order valence-electron chi connectivity index (χ4n) is 2.69. The molecule has 8 heteroatoms. The molecule has 3 rings (SSSR count). The van der Waals surface area contributed by atoms with Gasteiger partial charge in [-0.15, -0.1) is 0 Å². The van der Waals surface area contributed by atoms with E-state index < -0.39 is 0 Å². The van der Waals surface area contributed by atoms with Gasteiger partial charge in [0.1, 0.15) is 17.3 Å². The van der Waals surface area contributed by atoms with Crippen LogP contribution in [0.5, 0.6) is 11.5 Å². The van der Waals surface area contributed by atoms with Gasteiger partial charge in [-0.25, -0.2) is 9.97 Å². The molecule has 0 radical (unpaired) electrons. The fraction of sp³-hybridized carbons (Fsp3) is 0.364. The Morgan fingerprint density at radius 1 is 1.10 bits per heavy atom. The maximum atomic E-state index is 12.5. The normalized spacial score (nSPS) is 11.2. The number of ether oxygens (including phenoxy) is 2. The van der Waals surface area contributed by atoms with Gasteiger partial charge in [-0.05, 0) is 36.8 Å². The van der Waals surface area contributed by atoms with Crippen LogP contribution in [-0.2, 0) is 10.2 Å². The molecular formula is C22H27N5O3. The summed E-state index contributed by atoms with van der Waals surface area (Å²) in [6, 6.07) is 10.9. The molecule has 158 valence electrons. The van der Waals surface area contributed by atoms with Crippen molar-refractivity contribution in [2.45, 2.75) is 39.0 Å². The molecule has 0 bridgehead atoms. The number of anilines is 1.